The SMILES string of the molecule is CCCCCC(=O)ON=[N+]=[N-].CCc1c2c(nc3ccc(OC(=O)N4CCC(N5CCCCC5)CC4)cc13)-c1cc3c(c(=O)n1C2)COC(=O)[C@]3(O)CC. The Bertz CT molecular complexity index is 2010. The van der Waals surface area contributed by atoms with E-state index >= 15 is 0 Å². The van der Waals surface area contributed by atoms with Crippen LogP contribution < -0.4 is 10.3 Å². The van der Waals surface area contributed by atoms with Crippen LogP contribution in [0.3, 0.4) is 0 Å². The number of carbonyl (C=O) groups excluding carboxylic acids is 3. The molecule has 0 saturated carbocycles. The summed E-state index contributed by atoms with van der Waals surface area (Å²) in [7, 11) is 0. The molecule has 7 rings (SSSR count). The number of likely N-dealkylation sites (tertiary alicyclic amines) is 2. The summed E-state index contributed by atoms with van der Waals surface area (Å²) in [5, 5.41) is 14.7. The van der Waals surface area contributed by atoms with E-state index in [0.29, 0.717) is 66.8 Å². The smallest absolute Gasteiger partial charge is 0.415 e. The largest absolute Gasteiger partial charge is 0.458 e. The van der Waals surface area contributed by atoms with Crippen molar-refractivity contribution >= 4 is 28.9 Å². The number of aromatic nitrogens is 2. The molecule has 15 nitrogen and oxygen atoms in total. The summed E-state index contributed by atoms with van der Waals surface area (Å²) in [6, 6.07) is 7.77. The molecule has 0 spiro atoms. The number of rotatable bonds is 9. The Balaban J connectivity index is 0.000000395. The number of pyridine rings is 2. The summed E-state index contributed by atoms with van der Waals surface area (Å²) >= 11 is 0. The van der Waals surface area contributed by atoms with Gasteiger partial charge in [0.25, 0.3) is 5.56 Å². The first-order valence-electron chi connectivity index (χ1n) is 19.2. The van der Waals surface area contributed by atoms with Crippen LogP contribution in [0.25, 0.3) is 32.7 Å². The molecule has 288 valence electrons. The van der Waals surface area contributed by atoms with Gasteiger partial charge in [0.05, 0.1) is 29.0 Å². The number of ether oxygens (including phenoxy) is 2. The van der Waals surface area contributed by atoms with Crippen LogP contribution in [-0.4, -0.2) is 74.7 Å². The quantitative estimate of drug-likeness (QED) is 0.0500. The zero-order chi connectivity index (χ0) is 38.4. The molecule has 2 aromatic heterocycles. The molecular formula is C39H49N7O8. The minimum absolute atomic E-state index is 0.0951. The van der Waals surface area contributed by atoms with Crippen molar-refractivity contribution in [1.29, 1.82) is 0 Å². The maximum absolute atomic E-state index is 13.6. The number of unbranched alkanes of at least 4 members (excludes halogenated alkanes) is 2. The third kappa shape index (κ3) is 7.80. The summed E-state index contributed by atoms with van der Waals surface area (Å²) in [5.74, 6) is -0.727. The number of nitrogens with zero attached hydrogens (tertiary/aromatic N) is 7. The molecule has 1 atom stereocenters. The van der Waals surface area contributed by atoms with Crippen LogP contribution >= 0.6 is 0 Å². The van der Waals surface area contributed by atoms with Gasteiger partial charge in [-0.1, -0.05) is 40.0 Å². The molecule has 15 heteroatoms. The van der Waals surface area contributed by atoms with Gasteiger partial charge in [-0.25, -0.2) is 14.6 Å². The number of aliphatic hydroxyl groups is 1. The van der Waals surface area contributed by atoms with E-state index in [9.17, 15) is 24.3 Å². The Hall–Kier alpha value is -4.98. The lowest BCUT2D eigenvalue weighted by molar-refractivity contribution is -0.172. The molecular weight excluding hydrogens is 694 g/mol. The van der Waals surface area contributed by atoms with Crippen molar-refractivity contribution < 1.29 is 33.8 Å². The molecule has 0 unspecified atom stereocenters. The van der Waals surface area contributed by atoms with E-state index in [4.69, 9.17) is 20.0 Å². The maximum atomic E-state index is 13.6. The van der Waals surface area contributed by atoms with E-state index in [2.05, 4.69) is 26.9 Å². The van der Waals surface area contributed by atoms with Crippen molar-refractivity contribution in [3.63, 3.8) is 0 Å². The number of esters is 1. The molecule has 1 aromatic carbocycles. The fourth-order valence-corrected chi connectivity index (χ4v) is 8.10. The number of amides is 1. The summed E-state index contributed by atoms with van der Waals surface area (Å²) < 4.78 is 12.7. The molecule has 0 radical (unpaired) electrons. The molecule has 2 saturated heterocycles. The van der Waals surface area contributed by atoms with Gasteiger partial charge < -0.3 is 33.8 Å². The molecule has 54 heavy (non-hydrogen) atoms. The van der Waals surface area contributed by atoms with E-state index in [1.165, 1.54) is 32.4 Å². The number of fused-ring (bicyclic) bond motifs is 5. The number of piperidine rings is 2. The van der Waals surface area contributed by atoms with Crippen LogP contribution in [0.4, 0.5) is 4.79 Å². The Morgan fingerprint density at radius 2 is 1.81 bits per heavy atom. The normalized spacial score (nSPS) is 19.4. The van der Waals surface area contributed by atoms with Crippen molar-refractivity contribution in [2.24, 2.45) is 5.28 Å². The highest BCUT2D eigenvalue weighted by atomic mass is 16.7. The van der Waals surface area contributed by atoms with E-state index < -0.39 is 17.5 Å². The number of benzene rings is 1. The number of cyclic esters (lactones) is 1. The van der Waals surface area contributed by atoms with Crippen molar-refractivity contribution in [3.05, 3.63) is 67.3 Å². The van der Waals surface area contributed by atoms with Gasteiger partial charge >= 0.3 is 18.0 Å². The number of hydrogen-bond acceptors (Lipinski definition) is 11. The van der Waals surface area contributed by atoms with Crippen LogP contribution in [0.2, 0.25) is 0 Å². The zero-order valence-electron chi connectivity index (χ0n) is 31.3. The summed E-state index contributed by atoms with van der Waals surface area (Å²) in [6.45, 7) is 9.69. The first-order chi connectivity index (χ1) is 26.1. The Labute approximate surface area is 313 Å². The highest BCUT2D eigenvalue weighted by molar-refractivity contribution is 5.90. The summed E-state index contributed by atoms with van der Waals surface area (Å²) in [4.78, 5) is 65.5. The summed E-state index contributed by atoms with van der Waals surface area (Å²) in [5.41, 5.74) is 10.2. The van der Waals surface area contributed by atoms with Crippen LogP contribution in [-0.2, 0) is 44.3 Å². The van der Waals surface area contributed by atoms with Gasteiger partial charge in [0.2, 0.25) is 0 Å². The maximum Gasteiger partial charge on any atom is 0.415 e. The molecule has 6 heterocycles. The molecule has 4 aliphatic rings. The number of aryl methyl sites for hydroxylation is 1. The number of carbonyl (C=O) groups is 3. The number of azide groups is 1. The molecule has 0 aliphatic carbocycles. The highest BCUT2D eigenvalue weighted by Crippen LogP contribution is 2.41. The zero-order valence-corrected chi connectivity index (χ0v) is 31.3. The number of hydrogen-bond donors (Lipinski definition) is 1. The van der Waals surface area contributed by atoms with Crippen LogP contribution in [0.5, 0.6) is 5.75 Å². The first kappa shape index (κ1) is 38.7. The third-order valence-corrected chi connectivity index (χ3v) is 11.1. The average Bonchev–Trinajstić information content (AvgIpc) is 3.57. The van der Waals surface area contributed by atoms with Crippen molar-refractivity contribution in [3.8, 4) is 17.1 Å². The van der Waals surface area contributed by atoms with Crippen LogP contribution in [0, 0.1) is 0 Å². The molecule has 2 fully saturated rings. The lowest BCUT2D eigenvalue weighted by atomic mass is 9.86. The van der Waals surface area contributed by atoms with Crippen molar-refractivity contribution in [1.82, 2.24) is 19.4 Å². The van der Waals surface area contributed by atoms with Crippen LogP contribution in [0.15, 0.2) is 34.3 Å². The topological polar surface area (TPSA) is 189 Å². The molecule has 0 bridgehead atoms. The van der Waals surface area contributed by atoms with Gasteiger partial charge in [-0.05, 0) is 93.4 Å². The Morgan fingerprint density at radius 1 is 1.06 bits per heavy atom. The van der Waals surface area contributed by atoms with Crippen LogP contribution in [0.1, 0.15) is 107 Å². The van der Waals surface area contributed by atoms with E-state index in [1.807, 2.05) is 24.0 Å². The van der Waals surface area contributed by atoms with Gasteiger partial charge in [0, 0.05) is 47.0 Å². The lowest BCUT2D eigenvalue weighted by Crippen LogP contribution is -2.48. The van der Waals surface area contributed by atoms with E-state index in [-0.39, 0.29) is 24.7 Å². The van der Waals surface area contributed by atoms with Gasteiger partial charge in [0.1, 0.15) is 17.6 Å². The van der Waals surface area contributed by atoms with Gasteiger partial charge in [-0.15, -0.1) is 0 Å². The molecule has 3 aromatic rings. The monoisotopic (exact) mass is 743 g/mol. The molecule has 4 aliphatic heterocycles. The van der Waals surface area contributed by atoms with E-state index in [0.717, 1.165) is 54.1 Å². The highest BCUT2D eigenvalue weighted by Gasteiger charge is 2.45. The predicted molar refractivity (Wildman–Crippen MR) is 199 cm³/mol. The van der Waals surface area contributed by atoms with Gasteiger partial charge in [-0.3, -0.25) is 9.59 Å². The average molecular weight is 744 g/mol. The first-order valence-corrected chi connectivity index (χ1v) is 19.2. The van der Waals surface area contributed by atoms with Gasteiger partial charge in [0.15, 0.2) is 5.60 Å². The standard InChI is InChI=1S/C33H38N4O6.C6H11N3O2/c1-3-22-23-16-21(43-32(40)36-14-10-20(11-15-36)35-12-6-5-7-13-35)8-9-27(23)34-29-24(22)18-37-28(29)17-26-25(30(37)38)19-42-31(39)33(26,41)4-2;1-2-3-4-5-6(10)11-9-8-7/h8-9,16-17,20,41H,3-7,10-15,18-19H2,1-2H3;2-5H2,1H3/t33-;/m0./s1. The molecule has 1 N–H and O–H groups in total. The van der Waals surface area contributed by atoms with Crippen molar-refractivity contribution in [2.75, 3.05) is 26.2 Å². The third-order valence-electron chi connectivity index (χ3n) is 11.1. The second-order valence-corrected chi connectivity index (χ2v) is 14.3. The summed E-state index contributed by atoms with van der Waals surface area (Å²) in [6.07, 6.45) is 9.42. The predicted octanol–water partition coefficient (Wildman–Crippen LogP) is 6.43. The second-order valence-electron chi connectivity index (χ2n) is 14.3. The fraction of sp³-hybridized carbons (Fsp3) is 0.564. The second kappa shape index (κ2) is 17.0. The minimum atomic E-state index is -1.86. The van der Waals surface area contributed by atoms with Gasteiger partial charge in [-0.2, -0.15) is 0 Å². The lowest BCUT2D eigenvalue weighted by Gasteiger charge is -2.39. The Kier molecular flexibility index (Phi) is 12.2. The molecule has 1 amide bonds. The van der Waals surface area contributed by atoms with E-state index in [1.54, 1.807) is 23.6 Å². The Morgan fingerprint density at radius 3 is 2.50 bits per heavy atom. The van der Waals surface area contributed by atoms with Crippen molar-refractivity contribution in [2.45, 2.75) is 116 Å². The fourth-order valence-electron chi connectivity index (χ4n) is 8.10. The minimum Gasteiger partial charge on any atom is -0.458 e.